The molecule has 0 saturated carbocycles. The van der Waals surface area contributed by atoms with Crippen LogP contribution in [0, 0.1) is 0 Å². The maximum atomic E-state index is 11.0. The zero-order chi connectivity index (χ0) is 8.97. The van der Waals surface area contributed by atoms with Crippen LogP contribution in [0.25, 0.3) is 0 Å². The summed E-state index contributed by atoms with van der Waals surface area (Å²) in [6.45, 7) is 3.45. The summed E-state index contributed by atoms with van der Waals surface area (Å²) < 4.78 is 11.0. The zero-order valence-electron chi connectivity index (χ0n) is 6.50. The first-order valence-corrected chi connectivity index (χ1v) is 5.22. The summed E-state index contributed by atoms with van der Waals surface area (Å²) in [5, 5.41) is 2.14. The van der Waals surface area contributed by atoms with Crippen molar-refractivity contribution in [2.75, 3.05) is 0 Å². The van der Waals surface area contributed by atoms with Crippen molar-refractivity contribution in [3.8, 4) is 0 Å². The molecule has 0 bridgehead atoms. The normalized spacial score (nSPS) is 12.4. The number of hydrogen-bond donors (Lipinski definition) is 0. The minimum atomic E-state index is -0.964. The highest BCUT2D eigenvalue weighted by Crippen LogP contribution is 2.10. The van der Waals surface area contributed by atoms with Crippen LogP contribution in [0.5, 0.6) is 0 Å². The number of benzene rings is 1. The van der Waals surface area contributed by atoms with Crippen LogP contribution in [0.1, 0.15) is 5.56 Å². The fraction of sp³-hybridized carbons (Fsp3) is 0.111. The van der Waals surface area contributed by atoms with Gasteiger partial charge in [-0.25, -0.2) is 0 Å². The summed E-state index contributed by atoms with van der Waals surface area (Å²) in [5.74, 6) is 0.515. The van der Waals surface area contributed by atoms with Crippen LogP contribution in [0.2, 0.25) is 5.02 Å². The highest BCUT2D eigenvalue weighted by Gasteiger charge is 1.96. The van der Waals surface area contributed by atoms with Crippen molar-refractivity contribution in [1.29, 1.82) is 0 Å². The molecule has 3 heteroatoms. The van der Waals surface area contributed by atoms with Gasteiger partial charge in [-0.05, 0) is 23.1 Å². The van der Waals surface area contributed by atoms with Crippen LogP contribution < -0.4 is 0 Å². The molecule has 0 aromatic heterocycles. The fourth-order valence-electron chi connectivity index (χ4n) is 0.804. The van der Waals surface area contributed by atoms with Crippen LogP contribution >= 0.6 is 11.6 Å². The van der Waals surface area contributed by atoms with Gasteiger partial charge < -0.3 is 0 Å². The predicted molar refractivity (Wildman–Crippen MR) is 53.5 cm³/mol. The topological polar surface area (TPSA) is 17.1 Å². The van der Waals surface area contributed by atoms with Gasteiger partial charge in [0.15, 0.2) is 0 Å². The van der Waals surface area contributed by atoms with E-state index >= 15 is 0 Å². The molecule has 0 saturated heterocycles. The molecule has 0 heterocycles. The lowest BCUT2D eigenvalue weighted by Crippen LogP contribution is -1.89. The van der Waals surface area contributed by atoms with E-state index in [1.54, 1.807) is 12.1 Å². The lowest BCUT2D eigenvalue weighted by atomic mass is 10.2. The molecule has 12 heavy (non-hydrogen) atoms. The van der Waals surface area contributed by atoms with E-state index in [0.29, 0.717) is 10.8 Å². The van der Waals surface area contributed by atoms with E-state index in [1.165, 1.54) is 5.41 Å². The summed E-state index contributed by atoms with van der Waals surface area (Å²) in [7, 11) is -0.964. The molecule has 0 aliphatic rings. The average molecular weight is 201 g/mol. The summed E-state index contributed by atoms with van der Waals surface area (Å²) in [6, 6.07) is 7.31. The van der Waals surface area contributed by atoms with Crippen molar-refractivity contribution < 1.29 is 4.21 Å². The average Bonchev–Trinajstić information content (AvgIpc) is 2.09. The molecule has 1 nitrogen and oxygen atoms in total. The predicted octanol–water partition coefficient (Wildman–Crippen LogP) is 2.73. The quantitative estimate of drug-likeness (QED) is 0.734. The maximum Gasteiger partial charge on any atom is 0.0526 e. The summed E-state index contributed by atoms with van der Waals surface area (Å²) in [6.07, 6.45) is 0. The van der Waals surface area contributed by atoms with Gasteiger partial charge in [0.25, 0.3) is 0 Å². The van der Waals surface area contributed by atoms with E-state index < -0.39 is 10.8 Å². The third-order valence-electron chi connectivity index (χ3n) is 1.41. The van der Waals surface area contributed by atoms with Gasteiger partial charge in [-0.2, -0.15) is 0 Å². The van der Waals surface area contributed by atoms with Crippen molar-refractivity contribution in [2.24, 2.45) is 0 Å². The molecule has 0 radical (unpaired) electrons. The SMILES string of the molecule is C=CS(=O)Cc1ccc(Cl)cc1. The van der Waals surface area contributed by atoms with E-state index in [1.807, 2.05) is 12.1 Å². The molecule has 1 aromatic rings. The van der Waals surface area contributed by atoms with Gasteiger partial charge in [0, 0.05) is 15.8 Å². The minimum absolute atomic E-state index is 0.515. The minimum Gasteiger partial charge on any atom is -0.255 e. The molecule has 1 rings (SSSR count). The van der Waals surface area contributed by atoms with Gasteiger partial charge in [-0.1, -0.05) is 30.3 Å². The van der Waals surface area contributed by atoms with Crippen LogP contribution in [-0.4, -0.2) is 4.21 Å². The Kier molecular flexibility index (Phi) is 3.50. The van der Waals surface area contributed by atoms with E-state index in [9.17, 15) is 4.21 Å². The summed E-state index contributed by atoms with van der Waals surface area (Å²) in [4.78, 5) is 0. The molecule has 0 fully saturated rings. The molecular weight excluding hydrogens is 192 g/mol. The van der Waals surface area contributed by atoms with E-state index in [-0.39, 0.29) is 0 Å². The number of hydrogen-bond acceptors (Lipinski definition) is 1. The van der Waals surface area contributed by atoms with Gasteiger partial charge in [0.2, 0.25) is 0 Å². The Morgan fingerprint density at radius 2 is 2.00 bits per heavy atom. The second kappa shape index (κ2) is 4.43. The zero-order valence-corrected chi connectivity index (χ0v) is 8.07. The van der Waals surface area contributed by atoms with Crippen molar-refractivity contribution in [2.45, 2.75) is 5.75 Å². The molecule has 0 aliphatic carbocycles. The molecule has 0 amide bonds. The lowest BCUT2D eigenvalue weighted by molar-refractivity contribution is 0.688. The van der Waals surface area contributed by atoms with Crippen molar-refractivity contribution in [3.05, 3.63) is 46.8 Å². The van der Waals surface area contributed by atoms with E-state index in [2.05, 4.69) is 6.58 Å². The molecule has 0 N–H and O–H groups in total. The Bertz CT molecular complexity index is 292. The second-order valence-corrected chi connectivity index (χ2v) is 4.14. The molecule has 1 atom stereocenters. The first kappa shape index (κ1) is 9.49. The van der Waals surface area contributed by atoms with E-state index in [0.717, 1.165) is 5.56 Å². The summed E-state index contributed by atoms with van der Waals surface area (Å²) in [5.41, 5.74) is 1.01. The first-order chi connectivity index (χ1) is 5.72. The highest BCUT2D eigenvalue weighted by atomic mass is 35.5. The Morgan fingerprint density at radius 1 is 1.42 bits per heavy atom. The molecule has 1 unspecified atom stereocenters. The van der Waals surface area contributed by atoms with Gasteiger partial charge in [0.1, 0.15) is 0 Å². The van der Waals surface area contributed by atoms with Crippen molar-refractivity contribution >= 4 is 22.4 Å². The van der Waals surface area contributed by atoms with Gasteiger partial charge in [-0.15, -0.1) is 0 Å². The van der Waals surface area contributed by atoms with E-state index in [4.69, 9.17) is 11.6 Å². The number of rotatable bonds is 3. The van der Waals surface area contributed by atoms with Crippen LogP contribution in [0.4, 0.5) is 0 Å². The standard InChI is InChI=1S/C9H9ClOS/c1-2-12(11)7-8-3-5-9(10)6-4-8/h2-6H,1,7H2. The monoisotopic (exact) mass is 200 g/mol. The Balaban J connectivity index is 2.71. The molecular formula is C9H9ClOS. The highest BCUT2D eigenvalue weighted by molar-refractivity contribution is 7.87. The smallest absolute Gasteiger partial charge is 0.0526 e. The third kappa shape index (κ3) is 2.80. The Labute approximate surface area is 79.5 Å². The lowest BCUT2D eigenvalue weighted by Gasteiger charge is -1.97. The molecule has 64 valence electrons. The molecule has 0 aliphatic heterocycles. The van der Waals surface area contributed by atoms with Crippen LogP contribution in [0.15, 0.2) is 36.3 Å². The van der Waals surface area contributed by atoms with Crippen molar-refractivity contribution in [1.82, 2.24) is 0 Å². The molecule has 1 aromatic carbocycles. The second-order valence-electron chi connectivity index (χ2n) is 2.32. The van der Waals surface area contributed by atoms with Crippen molar-refractivity contribution in [3.63, 3.8) is 0 Å². The fourth-order valence-corrected chi connectivity index (χ4v) is 1.57. The number of halogens is 1. The third-order valence-corrected chi connectivity index (χ3v) is 2.65. The summed E-state index contributed by atoms with van der Waals surface area (Å²) >= 11 is 5.69. The maximum absolute atomic E-state index is 11.0. The van der Waals surface area contributed by atoms with Gasteiger partial charge >= 0.3 is 0 Å². The largest absolute Gasteiger partial charge is 0.255 e. The van der Waals surface area contributed by atoms with Crippen LogP contribution in [0.3, 0.4) is 0 Å². The van der Waals surface area contributed by atoms with Crippen LogP contribution in [-0.2, 0) is 16.6 Å². The first-order valence-electron chi connectivity index (χ1n) is 3.46. The van der Waals surface area contributed by atoms with Gasteiger partial charge in [-0.3, -0.25) is 4.21 Å². The Morgan fingerprint density at radius 3 is 2.50 bits per heavy atom. The Hall–Kier alpha value is -0.600. The molecule has 0 spiro atoms. The van der Waals surface area contributed by atoms with Gasteiger partial charge in [0.05, 0.1) is 5.75 Å².